The second-order valence-corrected chi connectivity index (χ2v) is 8.41. The maximum Gasteiger partial charge on any atom is 0.416 e. The largest absolute Gasteiger partial charge is 0.454 e. The average Bonchev–Trinajstić information content (AvgIpc) is 3.13. The summed E-state index contributed by atoms with van der Waals surface area (Å²) in [5.41, 5.74) is 1.87. The summed E-state index contributed by atoms with van der Waals surface area (Å²) in [7, 11) is -3.85. The molecular weight excluding hydrogens is 419 g/mol. The monoisotopic (exact) mass is 435 g/mol. The molecule has 1 heterocycles. The normalized spacial score (nSPS) is 13.5. The van der Waals surface area contributed by atoms with Crippen molar-refractivity contribution < 1.29 is 31.1 Å². The van der Waals surface area contributed by atoms with Gasteiger partial charge in [0.1, 0.15) is 0 Å². The van der Waals surface area contributed by atoms with Gasteiger partial charge in [-0.05, 0) is 65.1 Å². The zero-order valence-corrected chi connectivity index (χ0v) is 16.5. The zero-order valence-electron chi connectivity index (χ0n) is 15.7. The number of fused-ring (bicyclic) bond motifs is 1. The lowest BCUT2D eigenvalue weighted by Gasteiger charge is -2.15. The molecule has 0 saturated carbocycles. The molecule has 0 spiro atoms. The second-order valence-electron chi connectivity index (χ2n) is 6.85. The smallest absolute Gasteiger partial charge is 0.416 e. The van der Waals surface area contributed by atoms with Crippen molar-refractivity contribution in [2.24, 2.45) is 5.14 Å². The van der Waals surface area contributed by atoms with Gasteiger partial charge in [0.25, 0.3) is 0 Å². The quantitative estimate of drug-likeness (QED) is 0.646. The number of ether oxygens (including phenoxy) is 2. The van der Waals surface area contributed by atoms with Crippen LogP contribution >= 0.6 is 0 Å². The Morgan fingerprint density at radius 2 is 1.40 bits per heavy atom. The van der Waals surface area contributed by atoms with E-state index < -0.39 is 21.8 Å². The zero-order chi connectivity index (χ0) is 21.7. The van der Waals surface area contributed by atoms with Gasteiger partial charge in [0.15, 0.2) is 11.5 Å². The van der Waals surface area contributed by atoms with Crippen molar-refractivity contribution >= 4 is 10.0 Å². The molecule has 0 saturated heterocycles. The third kappa shape index (κ3) is 3.73. The van der Waals surface area contributed by atoms with E-state index in [2.05, 4.69) is 0 Å². The number of halogens is 3. The van der Waals surface area contributed by atoms with Crippen molar-refractivity contribution in [3.63, 3.8) is 0 Å². The molecule has 0 amide bonds. The van der Waals surface area contributed by atoms with Gasteiger partial charge in [0, 0.05) is 0 Å². The molecular formula is C21H16F3NO4S. The lowest BCUT2D eigenvalue weighted by atomic mass is 9.92. The molecule has 0 atom stereocenters. The maximum absolute atomic E-state index is 13.1. The highest BCUT2D eigenvalue weighted by Gasteiger charge is 2.32. The minimum absolute atomic E-state index is 0.0363. The van der Waals surface area contributed by atoms with Crippen LogP contribution in [0, 0.1) is 6.92 Å². The minimum Gasteiger partial charge on any atom is -0.454 e. The Morgan fingerprint density at radius 3 is 1.90 bits per heavy atom. The number of benzene rings is 3. The van der Waals surface area contributed by atoms with Gasteiger partial charge in [0.05, 0.1) is 10.5 Å². The average molecular weight is 435 g/mol. The van der Waals surface area contributed by atoms with Crippen LogP contribution < -0.4 is 14.6 Å². The van der Waals surface area contributed by atoms with Crippen LogP contribution in [-0.2, 0) is 16.2 Å². The summed E-state index contributed by atoms with van der Waals surface area (Å²) in [5, 5.41) is 5.15. The summed E-state index contributed by atoms with van der Waals surface area (Å²) >= 11 is 0. The Bertz CT molecular complexity index is 1240. The van der Waals surface area contributed by atoms with Gasteiger partial charge in [-0.1, -0.05) is 24.3 Å². The number of rotatable bonds is 3. The van der Waals surface area contributed by atoms with Crippen LogP contribution in [0.2, 0.25) is 0 Å². The summed E-state index contributed by atoms with van der Waals surface area (Å²) in [6.45, 7) is 1.44. The lowest BCUT2D eigenvalue weighted by Crippen LogP contribution is -2.11. The fourth-order valence-electron chi connectivity index (χ4n) is 3.39. The highest BCUT2D eigenvalue weighted by atomic mass is 32.2. The van der Waals surface area contributed by atoms with Gasteiger partial charge in [-0.15, -0.1) is 0 Å². The number of sulfonamides is 1. The topological polar surface area (TPSA) is 78.6 Å². The van der Waals surface area contributed by atoms with E-state index in [-0.39, 0.29) is 17.3 Å². The highest BCUT2D eigenvalue weighted by Crippen LogP contribution is 2.44. The summed E-state index contributed by atoms with van der Waals surface area (Å²) in [4.78, 5) is -0.0427. The van der Waals surface area contributed by atoms with E-state index in [1.54, 1.807) is 24.3 Å². The van der Waals surface area contributed by atoms with Gasteiger partial charge in [-0.25, -0.2) is 13.6 Å². The fraction of sp³-hybridized carbons (Fsp3) is 0.143. The Balaban J connectivity index is 1.88. The molecule has 30 heavy (non-hydrogen) atoms. The van der Waals surface area contributed by atoms with E-state index in [1.165, 1.54) is 31.2 Å². The predicted octanol–water partition coefficient (Wildman–Crippen LogP) is 4.72. The molecule has 156 valence electrons. The fourth-order valence-corrected chi connectivity index (χ4v) is 3.91. The summed E-state index contributed by atoms with van der Waals surface area (Å²) < 4.78 is 73.3. The van der Waals surface area contributed by atoms with Gasteiger partial charge in [-0.2, -0.15) is 13.2 Å². The molecule has 1 aliphatic heterocycles. The van der Waals surface area contributed by atoms with E-state index in [4.69, 9.17) is 14.6 Å². The van der Waals surface area contributed by atoms with Crippen LogP contribution in [0.25, 0.3) is 22.3 Å². The predicted molar refractivity (Wildman–Crippen MR) is 105 cm³/mol. The third-order valence-corrected chi connectivity index (χ3v) is 5.78. The van der Waals surface area contributed by atoms with Gasteiger partial charge in [0.2, 0.25) is 16.8 Å². The van der Waals surface area contributed by atoms with Crippen LogP contribution in [0.1, 0.15) is 11.1 Å². The van der Waals surface area contributed by atoms with E-state index in [1.807, 2.05) is 0 Å². The molecule has 0 aromatic heterocycles. The molecule has 3 aromatic rings. The first-order chi connectivity index (χ1) is 14.0. The summed E-state index contributed by atoms with van der Waals surface area (Å²) in [6, 6.07) is 13.2. The van der Waals surface area contributed by atoms with Crippen molar-refractivity contribution in [2.45, 2.75) is 18.0 Å². The molecule has 2 N–H and O–H groups in total. The number of aryl methyl sites for hydroxylation is 1. The van der Waals surface area contributed by atoms with Crippen molar-refractivity contribution in [3.05, 3.63) is 65.7 Å². The molecule has 1 aliphatic rings. The van der Waals surface area contributed by atoms with Crippen LogP contribution in [-0.4, -0.2) is 15.2 Å². The molecule has 3 aromatic carbocycles. The number of primary sulfonamides is 1. The van der Waals surface area contributed by atoms with Gasteiger partial charge >= 0.3 is 6.18 Å². The molecule has 0 radical (unpaired) electrons. The third-order valence-electron chi connectivity index (χ3n) is 4.85. The Kier molecular flexibility index (Phi) is 4.74. The van der Waals surface area contributed by atoms with E-state index in [9.17, 15) is 21.6 Å². The van der Waals surface area contributed by atoms with E-state index >= 15 is 0 Å². The molecule has 0 aliphatic carbocycles. The number of hydrogen-bond acceptors (Lipinski definition) is 4. The number of nitrogens with two attached hydrogens (primary N) is 1. The molecule has 0 fully saturated rings. The number of alkyl halides is 3. The van der Waals surface area contributed by atoms with E-state index in [0.717, 1.165) is 6.07 Å². The maximum atomic E-state index is 13.1. The van der Waals surface area contributed by atoms with Crippen LogP contribution in [0.4, 0.5) is 13.2 Å². The summed E-state index contributed by atoms with van der Waals surface area (Å²) in [6.07, 6.45) is -4.44. The Morgan fingerprint density at radius 1 is 0.867 bits per heavy atom. The highest BCUT2D eigenvalue weighted by molar-refractivity contribution is 7.89. The van der Waals surface area contributed by atoms with Crippen LogP contribution in [0.15, 0.2) is 59.5 Å². The van der Waals surface area contributed by atoms with Crippen molar-refractivity contribution in [2.75, 3.05) is 6.79 Å². The second kappa shape index (κ2) is 7.03. The van der Waals surface area contributed by atoms with Gasteiger partial charge in [-0.3, -0.25) is 0 Å². The van der Waals surface area contributed by atoms with Crippen LogP contribution in [0.3, 0.4) is 0 Å². The standard InChI is InChI=1S/C21H16F3NO4S/c1-12-8-14(4-7-18(12)21(22,23)24)17-10-20-19(28-11-29-20)9-16(17)13-2-5-15(6-3-13)30(25,26)27/h2-10H,11H2,1H3,(H2,25,26,27). The van der Waals surface area contributed by atoms with Crippen LogP contribution in [0.5, 0.6) is 11.5 Å². The molecule has 0 unspecified atom stereocenters. The lowest BCUT2D eigenvalue weighted by molar-refractivity contribution is -0.138. The molecule has 0 bridgehead atoms. The van der Waals surface area contributed by atoms with Crippen molar-refractivity contribution in [3.8, 4) is 33.8 Å². The first kappa shape index (κ1) is 20.2. The molecule has 5 nitrogen and oxygen atoms in total. The Labute approximate surface area is 170 Å². The Hall–Kier alpha value is -3.04. The SMILES string of the molecule is Cc1cc(-c2cc3c(cc2-c2ccc(S(N)(=O)=O)cc2)OCO3)ccc1C(F)(F)F. The summed E-state index contributed by atoms with van der Waals surface area (Å²) in [5.74, 6) is 0.973. The van der Waals surface area contributed by atoms with Crippen molar-refractivity contribution in [1.82, 2.24) is 0 Å². The number of hydrogen-bond donors (Lipinski definition) is 1. The minimum atomic E-state index is -4.44. The van der Waals surface area contributed by atoms with Gasteiger partial charge < -0.3 is 9.47 Å². The molecule has 4 rings (SSSR count). The first-order valence-electron chi connectivity index (χ1n) is 8.79. The first-order valence-corrected chi connectivity index (χ1v) is 10.3. The molecule has 9 heteroatoms. The van der Waals surface area contributed by atoms with E-state index in [0.29, 0.717) is 33.8 Å². The van der Waals surface area contributed by atoms with Crippen molar-refractivity contribution in [1.29, 1.82) is 0 Å².